The molecule has 27 heavy (non-hydrogen) atoms. The average Bonchev–Trinajstić information content (AvgIpc) is 3.07. The largest absolute Gasteiger partial charge is 0.392 e. The van der Waals surface area contributed by atoms with Crippen LogP contribution < -0.4 is 5.32 Å². The summed E-state index contributed by atoms with van der Waals surface area (Å²) in [6.45, 7) is 1.46. The minimum atomic E-state index is -4.37. The van der Waals surface area contributed by atoms with E-state index in [-0.39, 0.29) is 29.1 Å². The van der Waals surface area contributed by atoms with Crippen molar-refractivity contribution in [3.05, 3.63) is 51.4 Å². The van der Waals surface area contributed by atoms with Gasteiger partial charge in [0.1, 0.15) is 22.7 Å². The van der Waals surface area contributed by atoms with Crippen molar-refractivity contribution in [3.8, 4) is 0 Å². The summed E-state index contributed by atoms with van der Waals surface area (Å²) < 4.78 is 68.3. The van der Waals surface area contributed by atoms with E-state index in [0.717, 1.165) is 23.5 Å². The Bertz CT molecular complexity index is 959. The Morgan fingerprint density at radius 2 is 1.81 bits per heavy atom. The van der Waals surface area contributed by atoms with Gasteiger partial charge in [0, 0.05) is 10.4 Å². The maximum absolute atomic E-state index is 14.4. The lowest BCUT2D eigenvalue weighted by molar-refractivity contribution is -0.171. The van der Waals surface area contributed by atoms with Gasteiger partial charge in [-0.2, -0.15) is 13.2 Å². The normalized spacial score (nSPS) is 22.0. The third-order valence-electron chi connectivity index (χ3n) is 4.81. The zero-order valence-corrected chi connectivity index (χ0v) is 14.8. The third-order valence-corrected chi connectivity index (χ3v) is 5.98. The molecule has 2 heterocycles. The number of rotatable bonds is 1. The minimum absolute atomic E-state index is 0.119. The number of anilines is 1. The van der Waals surface area contributed by atoms with Crippen molar-refractivity contribution in [2.24, 2.45) is 10.9 Å². The number of halogens is 5. The zero-order chi connectivity index (χ0) is 19.5. The lowest BCUT2D eigenvalue weighted by Crippen LogP contribution is -2.23. The van der Waals surface area contributed by atoms with Crippen molar-refractivity contribution in [2.75, 3.05) is 5.32 Å². The number of fused-ring (bicyclic) bond motifs is 3. The van der Waals surface area contributed by atoms with E-state index in [1.54, 1.807) is 0 Å². The van der Waals surface area contributed by atoms with Crippen LogP contribution in [0, 0.1) is 17.6 Å². The zero-order valence-electron chi connectivity index (χ0n) is 14.0. The highest BCUT2D eigenvalue weighted by molar-refractivity contribution is 7.17. The molecule has 2 aliphatic rings. The van der Waals surface area contributed by atoms with Crippen molar-refractivity contribution < 1.29 is 26.7 Å². The van der Waals surface area contributed by atoms with Crippen LogP contribution in [0.2, 0.25) is 0 Å². The van der Waals surface area contributed by atoms with E-state index in [9.17, 15) is 26.7 Å². The molecule has 1 N–H and O–H groups in total. The predicted molar refractivity (Wildman–Crippen MR) is 91.4 cm³/mol. The molecule has 0 saturated carbocycles. The van der Waals surface area contributed by atoms with Crippen LogP contribution >= 0.6 is 11.3 Å². The number of thiophene rings is 1. The average molecular weight is 400 g/mol. The molecule has 1 aliphatic heterocycles. The predicted octanol–water partition coefficient (Wildman–Crippen LogP) is 4.48. The highest BCUT2D eigenvalue weighted by atomic mass is 32.1. The van der Waals surface area contributed by atoms with E-state index in [2.05, 4.69) is 10.3 Å². The van der Waals surface area contributed by atoms with Crippen LogP contribution in [0.5, 0.6) is 0 Å². The van der Waals surface area contributed by atoms with Gasteiger partial charge in [-0.25, -0.2) is 8.78 Å². The summed E-state index contributed by atoms with van der Waals surface area (Å²) in [6.07, 6.45) is -4.88. The molecule has 4 rings (SSSR count). The lowest BCUT2D eigenvalue weighted by Gasteiger charge is -2.15. The van der Waals surface area contributed by atoms with E-state index in [1.165, 1.54) is 13.0 Å². The molecule has 142 valence electrons. The fourth-order valence-corrected chi connectivity index (χ4v) is 4.77. The van der Waals surface area contributed by atoms with Crippen molar-refractivity contribution in [3.63, 3.8) is 0 Å². The molecule has 1 aliphatic carbocycles. The topological polar surface area (TPSA) is 41.5 Å². The number of alkyl halides is 3. The molecule has 1 unspecified atom stereocenters. The molecule has 1 aromatic heterocycles. The molecular weight excluding hydrogens is 387 g/mol. The van der Waals surface area contributed by atoms with Crippen LogP contribution in [0.25, 0.3) is 0 Å². The van der Waals surface area contributed by atoms with Gasteiger partial charge in [-0.1, -0.05) is 6.07 Å². The monoisotopic (exact) mass is 400 g/mol. The van der Waals surface area contributed by atoms with E-state index in [1.807, 2.05) is 0 Å². The van der Waals surface area contributed by atoms with Crippen LogP contribution in [-0.4, -0.2) is 23.8 Å². The molecule has 1 amide bonds. The maximum atomic E-state index is 14.4. The molecule has 0 saturated heterocycles. The number of nitrogens with one attached hydrogen (secondary N) is 1. The first kappa shape index (κ1) is 18.1. The van der Waals surface area contributed by atoms with Gasteiger partial charge in [-0.05, 0) is 37.5 Å². The molecule has 2 atom stereocenters. The van der Waals surface area contributed by atoms with Gasteiger partial charge in [-0.15, -0.1) is 11.3 Å². The Balaban J connectivity index is 1.93. The van der Waals surface area contributed by atoms with E-state index in [0.29, 0.717) is 10.4 Å². The Labute approximate surface area is 154 Å². The Hall–Kier alpha value is -2.29. The molecule has 0 spiro atoms. The molecular formula is C18H13F5N2OS. The van der Waals surface area contributed by atoms with Gasteiger partial charge in [0.2, 0.25) is 5.91 Å². The minimum Gasteiger partial charge on any atom is -0.315 e. The second-order valence-corrected chi connectivity index (χ2v) is 7.70. The Morgan fingerprint density at radius 1 is 1.15 bits per heavy atom. The second kappa shape index (κ2) is 6.12. The highest BCUT2D eigenvalue weighted by Gasteiger charge is 2.46. The van der Waals surface area contributed by atoms with E-state index >= 15 is 0 Å². The van der Waals surface area contributed by atoms with Crippen LogP contribution in [0.15, 0.2) is 23.2 Å². The van der Waals surface area contributed by atoms with Gasteiger partial charge >= 0.3 is 6.18 Å². The van der Waals surface area contributed by atoms with Crippen LogP contribution in [-0.2, 0) is 17.6 Å². The smallest absolute Gasteiger partial charge is 0.315 e. The summed E-state index contributed by atoms with van der Waals surface area (Å²) >= 11 is 1.02. The number of hydrogen-bond donors (Lipinski definition) is 1. The van der Waals surface area contributed by atoms with Gasteiger partial charge in [-0.3, -0.25) is 9.79 Å². The van der Waals surface area contributed by atoms with Crippen molar-refractivity contribution >= 4 is 28.0 Å². The van der Waals surface area contributed by atoms with Gasteiger partial charge in [0.05, 0.1) is 17.2 Å². The quantitative estimate of drug-likeness (QED) is 0.705. The summed E-state index contributed by atoms with van der Waals surface area (Å²) in [4.78, 5) is 16.8. The van der Waals surface area contributed by atoms with E-state index in [4.69, 9.17) is 0 Å². The van der Waals surface area contributed by atoms with Crippen LogP contribution in [0.1, 0.15) is 28.5 Å². The lowest BCUT2D eigenvalue weighted by atomic mass is 9.97. The first-order valence-electron chi connectivity index (χ1n) is 8.21. The number of carbonyl (C=O) groups excluding carboxylic acids is 1. The molecule has 2 aromatic rings. The summed E-state index contributed by atoms with van der Waals surface area (Å²) in [6, 6.07) is 2.36. The SMILES string of the molecule is C[C@@H]1N=C(c2c(F)cccc2F)c2c(sc3c2CC(C(F)(F)F)C3)NC1=O. The molecule has 3 nitrogen and oxygen atoms in total. The number of amides is 1. The Morgan fingerprint density at radius 3 is 2.44 bits per heavy atom. The fourth-order valence-electron chi connectivity index (χ4n) is 3.45. The standard InChI is InChI=1S/C18H13F5N2OS/c1-7-16(26)25-17-13(9-5-8(18(21,22)23)6-12(9)27-17)15(24-7)14-10(19)3-2-4-11(14)20/h2-4,7-8H,5-6H2,1H3,(H,25,26)/t7-,8?/m0/s1. The van der Waals surface area contributed by atoms with Gasteiger partial charge in [0.15, 0.2) is 0 Å². The fraction of sp³-hybridized carbons (Fsp3) is 0.333. The molecule has 0 fully saturated rings. The Kier molecular flexibility index (Phi) is 4.10. The van der Waals surface area contributed by atoms with E-state index < -0.39 is 41.2 Å². The number of benzene rings is 1. The number of aliphatic imine (C=N–C) groups is 1. The molecule has 0 radical (unpaired) electrons. The van der Waals surface area contributed by atoms with Gasteiger partial charge < -0.3 is 5.32 Å². The molecule has 0 bridgehead atoms. The maximum Gasteiger partial charge on any atom is 0.392 e. The summed E-state index contributed by atoms with van der Waals surface area (Å²) in [7, 11) is 0. The van der Waals surface area contributed by atoms with Crippen molar-refractivity contribution in [1.82, 2.24) is 0 Å². The third kappa shape index (κ3) is 2.93. The van der Waals surface area contributed by atoms with Crippen molar-refractivity contribution in [2.45, 2.75) is 32.0 Å². The van der Waals surface area contributed by atoms with Crippen LogP contribution in [0.4, 0.5) is 27.0 Å². The summed E-state index contributed by atoms with van der Waals surface area (Å²) in [5, 5.41) is 2.92. The summed E-state index contributed by atoms with van der Waals surface area (Å²) in [5.41, 5.74) is 0.00140. The first-order valence-corrected chi connectivity index (χ1v) is 9.03. The molecule has 1 aromatic carbocycles. The molecule has 9 heteroatoms. The first-order chi connectivity index (χ1) is 12.7. The second-order valence-electron chi connectivity index (χ2n) is 6.59. The number of nitrogens with zero attached hydrogens (tertiary/aromatic N) is 1. The number of hydrogen-bond acceptors (Lipinski definition) is 3. The summed E-state index contributed by atoms with van der Waals surface area (Å²) in [5.74, 6) is -3.79. The number of carbonyl (C=O) groups is 1. The van der Waals surface area contributed by atoms with Crippen LogP contribution in [0.3, 0.4) is 0 Å². The van der Waals surface area contributed by atoms with Gasteiger partial charge in [0.25, 0.3) is 0 Å². The van der Waals surface area contributed by atoms with Crippen molar-refractivity contribution in [1.29, 1.82) is 0 Å². The highest BCUT2D eigenvalue weighted by Crippen LogP contribution is 2.47.